The van der Waals surface area contributed by atoms with Crippen molar-refractivity contribution in [1.29, 1.82) is 0 Å². The summed E-state index contributed by atoms with van der Waals surface area (Å²) in [5, 5.41) is 0. The van der Waals surface area contributed by atoms with E-state index in [9.17, 15) is 4.79 Å². The van der Waals surface area contributed by atoms with Gasteiger partial charge in [0, 0.05) is 7.05 Å². The second-order valence-electron chi connectivity index (χ2n) is 4.05. The Morgan fingerprint density at radius 2 is 1.93 bits per heavy atom. The summed E-state index contributed by atoms with van der Waals surface area (Å²) in [6, 6.07) is 2.10. The van der Waals surface area contributed by atoms with Crippen molar-refractivity contribution in [2.75, 3.05) is 18.6 Å². The van der Waals surface area contributed by atoms with Gasteiger partial charge in [0.2, 0.25) is 0 Å². The van der Waals surface area contributed by atoms with Crippen LogP contribution in [0.4, 0.5) is 5.69 Å². The van der Waals surface area contributed by atoms with Gasteiger partial charge in [-0.2, -0.15) is 0 Å². The largest absolute Gasteiger partial charge is 0.481 e. The summed E-state index contributed by atoms with van der Waals surface area (Å²) in [4.78, 5) is 13.2. The fraction of sp³-hybridized carbons (Fsp3) is 0.417. The number of rotatable bonds is 0. The molecule has 0 spiro atoms. The SMILES string of the molecule is Cc1cc(C)c2c(c1C)N(C)C(=O)CO2. The molecule has 80 valence electrons. The number of hydrogen-bond acceptors (Lipinski definition) is 2. The minimum atomic E-state index is 0.00981. The third-order valence-corrected chi connectivity index (χ3v) is 3.00. The Balaban J connectivity index is 2.70. The quantitative estimate of drug-likeness (QED) is 0.648. The lowest BCUT2D eigenvalue weighted by Crippen LogP contribution is -2.36. The van der Waals surface area contributed by atoms with Gasteiger partial charge in [-0.05, 0) is 37.5 Å². The zero-order chi connectivity index (χ0) is 11.2. The number of fused-ring (bicyclic) bond motifs is 1. The van der Waals surface area contributed by atoms with Crippen LogP contribution in [0.2, 0.25) is 0 Å². The van der Waals surface area contributed by atoms with Gasteiger partial charge in [-0.3, -0.25) is 4.79 Å². The lowest BCUT2D eigenvalue weighted by Gasteiger charge is -2.29. The van der Waals surface area contributed by atoms with Crippen LogP contribution in [-0.2, 0) is 4.79 Å². The molecule has 0 aromatic heterocycles. The Labute approximate surface area is 89.7 Å². The van der Waals surface area contributed by atoms with Gasteiger partial charge in [0.25, 0.3) is 5.91 Å². The lowest BCUT2D eigenvalue weighted by molar-refractivity contribution is -0.121. The van der Waals surface area contributed by atoms with Crippen LogP contribution in [0.25, 0.3) is 0 Å². The monoisotopic (exact) mass is 205 g/mol. The molecule has 0 saturated heterocycles. The third kappa shape index (κ3) is 1.39. The smallest absolute Gasteiger partial charge is 0.264 e. The summed E-state index contributed by atoms with van der Waals surface area (Å²) in [6.45, 7) is 6.23. The third-order valence-electron chi connectivity index (χ3n) is 3.00. The molecule has 2 rings (SSSR count). The van der Waals surface area contributed by atoms with Crippen LogP contribution in [0.3, 0.4) is 0 Å². The first-order chi connectivity index (χ1) is 7.02. The molecule has 0 saturated carbocycles. The first-order valence-corrected chi connectivity index (χ1v) is 5.02. The van der Waals surface area contributed by atoms with Crippen molar-refractivity contribution in [2.45, 2.75) is 20.8 Å². The van der Waals surface area contributed by atoms with Gasteiger partial charge in [0.05, 0.1) is 5.69 Å². The zero-order valence-electron chi connectivity index (χ0n) is 9.55. The summed E-state index contributed by atoms with van der Waals surface area (Å²) in [7, 11) is 1.80. The van der Waals surface area contributed by atoms with Gasteiger partial charge < -0.3 is 9.64 Å². The fourth-order valence-electron chi connectivity index (χ4n) is 1.98. The highest BCUT2D eigenvalue weighted by molar-refractivity contribution is 5.98. The van der Waals surface area contributed by atoms with Crippen LogP contribution in [0.1, 0.15) is 16.7 Å². The number of benzene rings is 1. The predicted molar refractivity (Wildman–Crippen MR) is 59.6 cm³/mol. The van der Waals surface area contributed by atoms with E-state index in [0.717, 1.165) is 22.6 Å². The van der Waals surface area contributed by atoms with E-state index >= 15 is 0 Å². The molecule has 1 aliphatic heterocycles. The number of ether oxygens (including phenoxy) is 1. The number of amides is 1. The first-order valence-electron chi connectivity index (χ1n) is 5.02. The first kappa shape index (κ1) is 10.0. The van der Waals surface area contributed by atoms with Gasteiger partial charge in [-0.25, -0.2) is 0 Å². The topological polar surface area (TPSA) is 29.5 Å². The molecule has 1 aliphatic rings. The van der Waals surface area contributed by atoms with Crippen molar-refractivity contribution in [3.05, 3.63) is 22.8 Å². The molecule has 3 heteroatoms. The van der Waals surface area contributed by atoms with Crippen molar-refractivity contribution in [3.8, 4) is 5.75 Å². The van der Waals surface area contributed by atoms with Crippen molar-refractivity contribution < 1.29 is 9.53 Å². The molecule has 0 bridgehead atoms. The van der Waals surface area contributed by atoms with Crippen LogP contribution in [0, 0.1) is 20.8 Å². The molecule has 3 nitrogen and oxygen atoms in total. The average molecular weight is 205 g/mol. The molecular formula is C12H15NO2. The maximum absolute atomic E-state index is 11.5. The molecule has 0 aliphatic carbocycles. The van der Waals surface area contributed by atoms with Gasteiger partial charge in [-0.1, -0.05) is 6.07 Å². The molecule has 0 atom stereocenters. The average Bonchev–Trinajstić information content (AvgIpc) is 2.19. The van der Waals surface area contributed by atoms with E-state index in [0.29, 0.717) is 0 Å². The maximum Gasteiger partial charge on any atom is 0.264 e. The summed E-state index contributed by atoms with van der Waals surface area (Å²) in [5.41, 5.74) is 4.32. The van der Waals surface area contributed by atoms with Crippen molar-refractivity contribution in [3.63, 3.8) is 0 Å². The Morgan fingerprint density at radius 1 is 1.27 bits per heavy atom. The Morgan fingerprint density at radius 3 is 2.60 bits per heavy atom. The molecule has 0 unspecified atom stereocenters. The van der Waals surface area contributed by atoms with Gasteiger partial charge in [0.15, 0.2) is 6.61 Å². The lowest BCUT2D eigenvalue weighted by atomic mass is 10.0. The zero-order valence-corrected chi connectivity index (χ0v) is 9.55. The number of aryl methyl sites for hydroxylation is 2. The molecular weight excluding hydrogens is 190 g/mol. The highest BCUT2D eigenvalue weighted by Crippen LogP contribution is 2.38. The summed E-state index contributed by atoms with van der Waals surface area (Å²) < 4.78 is 5.48. The number of nitrogens with zero attached hydrogens (tertiary/aromatic N) is 1. The highest BCUT2D eigenvalue weighted by Gasteiger charge is 2.26. The predicted octanol–water partition coefficient (Wildman–Crippen LogP) is 1.97. The van der Waals surface area contributed by atoms with Gasteiger partial charge in [-0.15, -0.1) is 0 Å². The number of anilines is 1. The summed E-state index contributed by atoms with van der Waals surface area (Å²) in [6.07, 6.45) is 0. The second kappa shape index (κ2) is 3.26. The Bertz CT molecular complexity index is 438. The van der Waals surface area contributed by atoms with E-state index in [-0.39, 0.29) is 12.5 Å². The molecule has 0 radical (unpaired) electrons. The van der Waals surface area contributed by atoms with Crippen molar-refractivity contribution >= 4 is 11.6 Å². The van der Waals surface area contributed by atoms with Crippen molar-refractivity contribution in [1.82, 2.24) is 0 Å². The number of hydrogen-bond donors (Lipinski definition) is 0. The fourth-order valence-corrected chi connectivity index (χ4v) is 1.98. The summed E-state index contributed by atoms with van der Waals surface area (Å²) in [5.74, 6) is 0.857. The van der Waals surface area contributed by atoms with Gasteiger partial charge >= 0.3 is 0 Å². The van der Waals surface area contributed by atoms with Crippen molar-refractivity contribution in [2.24, 2.45) is 0 Å². The van der Waals surface area contributed by atoms with E-state index in [1.807, 2.05) is 13.8 Å². The Kier molecular flexibility index (Phi) is 2.18. The van der Waals surface area contributed by atoms with Crippen LogP contribution < -0.4 is 9.64 Å². The number of carbonyl (C=O) groups is 1. The molecule has 1 aromatic carbocycles. The van der Waals surface area contributed by atoms with E-state index in [1.54, 1.807) is 11.9 Å². The van der Waals surface area contributed by atoms with E-state index in [2.05, 4.69) is 13.0 Å². The minimum Gasteiger partial charge on any atom is -0.481 e. The van der Waals surface area contributed by atoms with Gasteiger partial charge in [0.1, 0.15) is 5.75 Å². The molecule has 0 N–H and O–H groups in total. The van der Waals surface area contributed by atoms with Crippen LogP contribution in [0.5, 0.6) is 5.75 Å². The number of carbonyl (C=O) groups excluding carboxylic acids is 1. The molecule has 1 amide bonds. The molecule has 15 heavy (non-hydrogen) atoms. The maximum atomic E-state index is 11.5. The van der Waals surface area contributed by atoms with Crippen LogP contribution in [0.15, 0.2) is 6.07 Å². The van der Waals surface area contributed by atoms with Crippen LogP contribution >= 0.6 is 0 Å². The number of likely N-dealkylation sites (N-methyl/N-ethyl adjacent to an activating group) is 1. The van der Waals surface area contributed by atoms with E-state index in [4.69, 9.17) is 4.74 Å². The molecule has 1 aromatic rings. The minimum absolute atomic E-state index is 0.00981. The molecule has 0 fully saturated rings. The van der Waals surface area contributed by atoms with E-state index < -0.39 is 0 Å². The highest BCUT2D eigenvalue weighted by atomic mass is 16.5. The standard InChI is InChI=1S/C12H15NO2/c1-7-5-8(2)12-11(9(7)3)13(4)10(14)6-15-12/h5H,6H2,1-4H3. The molecule has 1 heterocycles. The second-order valence-corrected chi connectivity index (χ2v) is 4.05. The normalized spacial score (nSPS) is 14.9. The summed E-state index contributed by atoms with van der Waals surface area (Å²) >= 11 is 0. The Hall–Kier alpha value is -1.51. The van der Waals surface area contributed by atoms with Crippen LogP contribution in [-0.4, -0.2) is 19.6 Å². The van der Waals surface area contributed by atoms with E-state index in [1.165, 1.54) is 5.56 Å².